The minimum atomic E-state index is 0.149. The van der Waals surface area contributed by atoms with E-state index in [1.54, 1.807) is 7.11 Å². The van der Waals surface area contributed by atoms with Crippen molar-refractivity contribution in [2.45, 2.75) is 64.1 Å². The summed E-state index contributed by atoms with van der Waals surface area (Å²) in [5.74, 6) is 0. The summed E-state index contributed by atoms with van der Waals surface area (Å²) in [6.07, 6.45) is 3.25. The molecule has 0 aliphatic carbocycles. The third kappa shape index (κ3) is 4.80. The molecular formula is C18H30N2O. The molecule has 1 N–H and O–H groups in total. The Morgan fingerprint density at radius 2 is 1.67 bits per heavy atom. The molecule has 1 fully saturated rings. The standard InChI is InChI=1S/C18H30N2O/c1-17(2)13-16(14-18(3,4)19-17)20(21-5)12-11-15-9-7-6-8-10-15/h6-10,16,19H,11-14H2,1-5H3. The summed E-state index contributed by atoms with van der Waals surface area (Å²) in [6.45, 7) is 10.1. The molecule has 1 aromatic rings. The smallest absolute Gasteiger partial charge is 0.0575 e. The summed E-state index contributed by atoms with van der Waals surface area (Å²) in [4.78, 5) is 5.70. The molecule has 0 bridgehead atoms. The van der Waals surface area contributed by atoms with Crippen LogP contribution in [0.1, 0.15) is 46.1 Å². The molecule has 0 atom stereocenters. The van der Waals surface area contributed by atoms with Crippen molar-refractivity contribution in [2.24, 2.45) is 0 Å². The van der Waals surface area contributed by atoms with Gasteiger partial charge >= 0.3 is 0 Å². The molecule has 21 heavy (non-hydrogen) atoms. The van der Waals surface area contributed by atoms with Gasteiger partial charge in [0, 0.05) is 23.7 Å². The summed E-state index contributed by atoms with van der Waals surface area (Å²) in [5.41, 5.74) is 1.67. The van der Waals surface area contributed by atoms with Gasteiger partial charge in [-0.2, -0.15) is 5.06 Å². The van der Waals surface area contributed by atoms with Crippen molar-refractivity contribution >= 4 is 0 Å². The van der Waals surface area contributed by atoms with E-state index in [4.69, 9.17) is 4.84 Å². The van der Waals surface area contributed by atoms with Crippen LogP contribution in [0.2, 0.25) is 0 Å². The summed E-state index contributed by atoms with van der Waals surface area (Å²) >= 11 is 0. The van der Waals surface area contributed by atoms with Crippen LogP contribution in [-0.4, -0.2) is 35.8 Å². The average Bonchev–Trinajstić information content (AvgIpc) is 2.37. The van der Waals surface area contributed by atoms with E-state index in [9.17, 15) is 0 Å². The average molecular weight is 290 g/mol. The summed E-state index contributed by atoms with van der Waals surface area (Å²) < 4.78 is 0. The predicted octanol–water partition coefficient (Wildman–Crippen LogP) is 3.40. The van der Waals surface area contributed by atoms with E-state index in [0.717, 1.165) is 25.8 Å². The maximum atomic E-state index is 5.70. The number of piperidine rings is 1. The highest BCUT2D eigenvalue weighted by atomic mass is 16.7. The predicted molar refractivity (Wildman–Crippen MR) is 88.2 cm³/mol. The zero-order chi connectivity index (χ0) is 15.5. The van der Waals surface area contributed by atoms with Gasteiger partial charge in [0.15, 0.2) is 0 Å². The Morgan fingerprint density at radius 1 is 1.10 bits per heavy atom. The number of nitrogens with one attached hydrogen (secondary N) is 1. The molecule has 0 amide bonds. The largest absolute Gasteiger partial charge is 0.307 e. The fourth-order valence-corrected chi connectivity index (χ4v) is 3.78. The second-order valence-electron chi connectivity index (χ2n) is 7.51. The number of hydrogen-bond donors (Lipinski definition) is 1. The maximum Gasteiger partial charge on any atom is 0.0575 e. The van der Waals surface area contributed by atoms with Crippen molar-refractivity contribution in [2.75, 3.05) is 13.7 Å². The van der Waals surface area contributed by atoms with Gasteiger partial charge in [0.2, 0.25) is 0 Å². The third-order valence-electron chi connectivity index (χ3n) is 4.27. The lowest BCUT2D eigenvalue weighted by atomic mass is 9.79. The van der Waals surface area contributed by atoms with Gasteiger partial charge in [-0.15, -0.1) is 0 Å². The lowest BCUT2D eigenvalue weighted by molar-refractivity contribution is -0.178. The van der Waals surface area contributed by atoms with E-state index in [0.29, 0.717) is 6.04 Å². The van der Waals surface area contributed by atoms with E-state index in [1.165, 1.54) is 5.56 Å². The van der Waals surface area contributed by atoms with Gasteiger partial charge in [0.1, 0.15) is 0 Å². The maximum absolute atomic E-state index is 5.70. The van der Waals surface area contributed by atoms with Gasteiger partial charge < -0.3 is 10.2 Å². The molecule has 1 saturated heterocycles. The molecule has 2 rings (SSSR count). The minimum Gasteiger partial charge on any atom is -0.307 e. The van der Waals surface area contributed by atoms with E-state index in [-0.39, 0.29) is 11.1 Å². The van der Waals surface area contributed by atoms with Gasteiger partial charge in [0.25, 0.3) is 0 Å². The van der Waals surface area contributed by atoms with Crippen LogP contribution in [0.25, 0.3) is 0 Å². The van der Waals surface area contributed by atoms with Gasteiger partial charge in [0.05, 0.1) is 7.11 Å². The SMILES string of the molecule is CON(CCc1ccccc1)C1CC(C)(C)NC(C)(C)C1. The fourth-order valence-electron chi connectivity index (χ4n) is 3.78. The lowest BCUT2D eigenvalue weighted by Gasteiger charge is -2.49. The second kappa shape index (κ2) is 6.47. The normalized spacial score (nSPS) is 21.6. The molecule has 1 aliphatic rings. The van der Waals surface area contributed by atoms with Gasteiger partial charge in [-0.3, -0.25) is 0 Å². The molecule has 1 aromatic carbocycles. The van der Waals surface area contributed by atoms with Crippen molar-refractivity contribution in [1.29, 1.82) is 0 Å². The van der Waals surface area contributed by atoms with Crippen LogP contribution in [0.5, 0.6) is 0 Å². The highest BCUT2D eigenvalue weighted by molar-refractivity contribution is 5.14. The van der Waals surface area contributed by atoms with E-state index in [1.807, 2.05) is 0 Å². The van der Waals surface area contributed by atoms with Crippen LogP contribution in [0.4, 0.5) is 0 Å². The van der Waals surface area contributed by atoms with Crippen LogP contribution in [0.15, 0.2) is 30.3 Å². The zero-order valence-corrected chi connectivity index (χ0v) is 14.1. The Morgan fingerprint density at radius 3 is 2.19 bits per heavy atom. The molecule has 0 radical (unpaired) electrons. The Hall–Kier alpha value is -0.900. The molecule has 3 heteroatoms. The minimum absolute atomic E-state index is 0.149. The van der Waals surface area contributed by atoms with Gasteiger partial charge in [-0.25, -0.2) is 0 Å². The summed E-state index contributed by atoms with van der Waals surface area (Å²) in [6, 6.07) is 11.1. The molecule has 0 aromatic heterocycles. The third-order valence-corrected chi connectivity index (χ3v) is 4.27. The molecule has 0 saturated carbocycles. The molecule has 0 unspecified atom stereocenters. The Kier molecular flexibility index (Phi) is 5.07. The van der Waals surface area contributed by atoms with E-state index >= 15 is 0 Å². The van der Waals surface area contributed by atoms with Crippen LogP contribution >= 0.6 is 0 Å². The van der Waals surface area contributed by atoms with Crippen LogP contribution in [0, 0.1) is 0 Å². The van der Waals surface area contributed by atoms with Gasteiger partial charge in [-0.1, -0.05) is 30.3 Å². The van der Waals surface area contributed by atoms with Crippen molar-refractivity contribution < 1.29 is 4.84 Å². The van der Waals surface area contributed by atoms with Crippen molar-refractivity contribution in [3.05, 3.63) is 35.9 Å². The van der Waals surface area contributed by atoms with E-state index in [2.05, 4.69) is 68.4 Å². The van der Waals surface area contributed by atoms with Gasteiger partial charge in [-0.05, 0) is 52.5 Å². The Labute approximate surface area is 129 Å². The lowest BCUT2D eigenvalue weighted by Crippen LogP contribution is -2.62. The first-order valence-corrected chi connectivity index (χ1v) is 7.95. The molecule has 1 aliphatic heterocycles. The zero-order valence-electron chi connectivity index (χ0n) is 14.1. The number of benzene rings is 1. The highest BCUT2D eigenvalue weighted by Crippen LogP contribution is 2.31. The molecule has 118 valence electrons. The number of hydrogen-bond acceptors (Lipinski definition) is 3. The molecule has 1 heterocycles. The first kappa shape index (κ1) is 16.5. The Balaban J connectivity index is 1.99. The van der Waals surface area contributed by atoms with Crippen molar-refractivity contribution in [1.82, 2.24) is 10.4 Å². The molecule has 0 spiro atoms. The van der Waals surface area contributed by atoms with Crippen molar-refractivity contribution in [3.8, 4) is 0 Å². The molecular weight excluding hydrogens is 260 g/mol. The topological polar surface area (TPSA) is 24.5 Å². The summed E-state index contributed by atoms with van der Waals surface area (Å²) in [5, 5.41) is 5.91. The molecule has 3 nitrogen and oxygen atoms in total. The van der Waals surface area contributed by atoms with E-state index < -0.39 is 0 Å². The second-order valence-corrected chi connectivity index (χ2v) is 7.51. The number of nitrogens with zero attached hydrogens (tertiary/aromatic N) is 1. The van der Waals surface area contributed by atoms with Crippen molar-refractivity contribution in [3.63, 3.8) is 0 Å². The quantitative estimate of drug-likeness (QED) is 0.841. The van der Waals surface area contributed by atoms with Crippen LogP contribution in [-0.2, 0) is 11.3 Å². The highest BCUT2D eigenvalue weighted by Gasteiger charge is 2.40. The number of rotatable bonds is 5. The van der Waals surface area contributed by atoms with Crippen LogP contribution < -0.4 is 5.32 Å². The summed E-state index contributed by atoms with van der Waals surface area (Å²) in [7, 11) is 1.80. The monoisotopic (exact) mass is 290 g/mol. The van der Waals surface area contributed by atoms with Crippen LogP contribution in [0.3, 0.4) is 0 Å². The first-order valence-electron chi connectivity index (χ1n) is 7.95. The first-order chi connectivity index (χ1) is 9.81. The fraction of sp³-hybridized carbons (Fsp3) is 0.667. The Bertz CT molecular complexity index is 426. The number of hydroxylamine groups is 2.